The van der Waals surface area contributed by atoms with E-state index in [1.54, 1.807) is 0 Å². The lowest BCUT2D eigenvalue weighted by atomic mass is 9.81. The van der Waals surface area contributed by atoms with E-state index in [1.165, 1.54) is 31.4 Å². The fourth-order valence-electron chi connectivity index (χ4n) is 2.25. The minimum atomic E-state index is 0.599. The van der Waals surface area contributed by atoms with Gasteiger partial charge in [-0.25, -0.2) is 0 Å². The van der Waals surface area contributed by atoms with Gasteiger partial charge in [0, 0.05) is 11.2 Å². The second-order valence-corrected chi connectivity index (χ2v) is 4.98. The molecule has 0 aromatic rings. The van der Waals surface area contributed by atoms with Crippen LogP contribution in [0, 0.1) is 24.2 Å². The fourth-order valence-corrected chi connectivity index (χ4v) is 3.90. The Morgan fingerprint density at radius 2 is 2.18 bits per heavy atom. The molecule has 1 saturated heterocycles. The van der Waals surface area contributed by atoms with Gasteiger partial charge in [-0.1, -0.05) is 0 Å². The number of rotatable bonds is 0. The second-order valence-electron chi connectivity index (χ2n) is 3.63. The molecule has 0 aromatic carbocycles. The molecule has 2 aliphatic rings. The Kier molecular flexibility index (Phi) is 2.13. The number of hydrogen-bond acceptors (Lipinski definition) is 1. The van der Waals surface area contributed by atoms with Crippen LogP contribution in [0.5, 0.6) is 0 Å². The van der Waals surface area contributed by atoms with Crippen LogP contribution in [0.25, 0.3) is 0 Å². The standard InChI is InChI=1S/C10H14S/c1-2-8-3-4-9-5-6-11-10(9)7-8/h1,8-10H,3-7H2/t8?,9-,10?/m0/s1. The van der Waals surface area contributed by atoms with E-state index in [9.17, 15) is 0 Å². The zero-order valence-electron chi connectivity index (χ0n) is 6.75. The van der Waals surface area contributed by atoms with Crippen LogP contribution in [0.4, 0.5) is 0 Å². The SMILES string of the molecule is C#CC1CC[C@H]2CCSC2C1. The smallest absolute Gasteiger partial charge is 0.0211 e. The molecular formula is C10H14S. The maximum absolute atomic E-state index is 5.43. The highest BCUT2D eigenvalue weighted by Crippen LogP contribution is 2.43. The molecule has 2 unspecified atom stereocenters. The highest BCUT2D eigenvalue weighted by molar-refractivity contribution is 8.00. The molecule has 0 spiro atoms. The highest BCUT2D eigenvalue weighted by Gasteiger charge is 2.33. The summed E-state index contributed by atoms with van der Waals surface area (Å²) in [5, 5.41) is 0.921. The molecule has 1 aliphatic carbocycles. The first-order valence-corrected chi connectivity index (χ1v) is 5.53. The minimum Gasteiger partial charge on any atom is -0.158 e. The molecule has 60 valence electrons. The summed E-state index contributed by atoms with van der Waals surface area (Å²) < 4.78 is 0. The maximum atomic E-state index is 5.43. The van der Waals surface area contributed by atoms with Crippen molar-refractivity contribution in [2.45, 2.75) is 30.9 Å². The van der Waals surface area contributed by atoms with Crippen molar-refractivity contribution in [2.24, 2.45) is 11.8 Å². The van der Waals surface area contributed by atoms with Crippen LogP contribution in [0.2, 0.25) is 0 Å². The van der Waals surface area contributed by atoms with Gasteiger partial charge in [-0.05, 0) is 37.4 Å². The summed E-state index contributed by atoms with van der Waals surface area (Å²) >= 11 is 2.15. The minimum absolute atomic E-state index is 0.599. The van der Waals surface area contributed by atoms with E-state index in [2.05, 4.69) is 17.7 Å². The van der Waals surface area contributed by atoms with E-state index in [-0.39, 0.29) is 0 Å². The van der Waals surface area contributed by atoms with E-state index >= 15 is 0 Å². The topological polar surface area (TPSA) is 0 Å². The summed E-state index contributed by atoms with van der Waals surface area (Å²) in [7, 11) is 0. The van der Waals surface area contributed by atoms with Crippen LogP contribution in [-0.2, 0) is 0 Å². The zero-order valence-corrected chi connectivity index (χ0v) is 7.57. The van der Waals surface area contributed by atoms with Crippen molar-refractivity contribution in [1.82, 2.24) is 0 Å². The van der Waals surface area contributed by atoms with Crippen LogP contribution in [0.3, 0.4) is 0 Å². The molecule has 11 heavy (non-hydrogen) atoms. The number of thioether (sulfide) groups is 1. The van der Waals surface area contributed by atoms with Gasteiger partial charge in [0.05, 0.1) is 0 Å². The predicted molar refractivity (Wildman–Crippen MR) is 50.5 cm³/mol. The Hall–Kier alpha value is -0.0900. The van der Waals surface area contributed by atoms with Gasteiger partial charge < -0.3 is 0 Å². The number of hydrogen-bond donors (Lipinski definition) is 0. The van der Waals surface area contributed by atoms with Crippen LogP contribution in [0.1, 0.15) is 25.7 Å². The van der Waals surface area contributed by atoms with Gasteiger partial charge >= 0.3 is 0 Å². The Balaban J connectivity index is 1.97. The van der Waals surface area contributed by atoms with E-state index < -0.39 is 0 Å². The molecule has 0 aromatic heterocycles. The largest absolute Gasteiger partial charge is 0.158 e. The normalized spacial score (nSPS) is 43.0. The highest BCUT2D eigenvalue weighted by atomic mass is 32.2. The van der Waals surface area contributed by atoms with Crippen LogP contribution in [-0.4, -0.2) is 11.0 Å². The van der Waals surface area contributed by atoms with Crippen molar-refractivity contribution >= 4 is 11.8 Å². The van der Waals surface area contributed by atoms with Gasteiger partial charge in [0.2, 0.25) is 0 Å². The van der Waals surface area contributed by atoms with Crippen LogP contribution >= 0.6 is 11.8 Å². The summed E-state index contributed by atoms with van der Waals surface area (Å²) in [5.74, 6) is 5.90. The third-order valence-corrected chi connectivity index (χ3v) is 4.46. The third kappa shape index (κ3) is 1.42. The first-order valence-electron chi connectivity index (χ1n) is 4.48. The molecule has 0 nitrogen and oxygen atoms in total. The van der Waals surface area contributed by atoms with Crippen molar-refractivity contribution in [1.29, 1.82) is 0 Å². The first-order chi connectivity index (χ1) is 5.40. The van der Waals surface area contributed by atoms with Gasteiger partial charge in [0.1, 0.15) is 0 Å². The van der Waals surface area contributed by atoms with Crippen LogP contribution in [0.15, 0.2) is 0 Å². The lowest BCUT2D eigenvalue weighted by Crippen LogP contribution is -2.22. The molecule has 2 fully saturated rings. The van der Waals surface area contributed by atoms with Crippen molar-refractivity contribution < 1.29 is 0 Å². The van der Waals surface area contributed by atoms with Crippen molar-refractivity contribution in [3.8, 4) is 12.3 Å². The molecule has 1 aliphatic heterocycles. The van der Waals surface area contributed by atoms with E-state index in [1.807, 2.05) is 0 Å². The van der Waals surface area contributed by atoms with E-state index in [0.717, 1.165) is 11.2 Å². The quantitative estimate of drug-likeness (QED) is 0.498. The molecule has 2 rings (SSSR count). The van der Waals surface area contributed by atoms with Gasteiger partial charge in [-0.15, -0.1) is 12.3 Å². The third-order valence-electron chi connectivity index (χ3n) is 2.98. The lowest BCUT2D eigenvalue weighted by Gasteiger charge is -2.28. The monoisotopic (exact) mass is 166 g/mol. The first kappa shape index (κ1) is 7.55. The molecule has 1 saturated carbocycles. The number of terminal acetylenes is 1. The lowest BCUT2D eigenvalue weighted by molar-refractivity contribution is 0.335. The van der Waals surface area contributed by atoms with E-state index in [0.29, 0.717) is 5.92 Å². The van der Waals surface area contributed by atoms with Crippen molar-refractivity contribution in [3.05, 3.63) is 0 Å². The fraction of sp³-hybridized carbons (Fsp3) is 0.800. The van der Waals surface area contributed by atoms with Crippen LogP contribution < -0.4 is 0 Å². The summed E-state index contributed by atoms with van der Waals surface area (Å²) in [6, 6.07) is 0. The molecule has 0 bridgehead atoms. The molecule has 3 atom stereocenters. The van der Waals surface area contributed by atoms with E-state index in [4.69, 9.17) is 6.42 Å². The van der Waals surface area contributed by atoms with Crippen molar-refractivity contribution in [3.63, 3.8) is 0 Å². The Morgan fingerprint density at radius 1 is 1.27 bits per heavy atom. The average molecular weight is 166 g/mol. The molecule has 0 amide bonds. The molecule has 1 heterocycles. The van der Waals surface area contributed by atoms with Gasteiger partial charge in [0.25, 0.3) is 0 Å². The molecule has 0 radical (unpaired) electrons. The Labute approximate surface area is 73.1 Å². The number of fused-ring (bicyclic) bond motifs is 1. The Bertz CT molecular complexity index is 180. The summed E-state index contributed by atoms with van der Waals surface area (Å²) in [6.07, 6.45) is 10.9. The second kappa shape index (κ2) is 3.11. The average Bonchev–Trinajstić information content (AvgIpc) is 2.50. The summed E-state index contributed by atoms with van der Waals surface area (Å²) in [5.41, 5.74) is 0. The van der Waals surface area contributed by atoms with Gasteiger partial charge in [-0.3, -0.25) is 0 Å². The van der Waals surface area contributed by atoms with Crippen molar-refractivity contribution in [2.75, 3.05) is 5.75 Å². The summed E-state index contributed by atoms with van der Waals surface area (Å²) in [4.78, 5) is 0. The predicted octanol–water partition coefficient (Wildman–Crippen LogP) is 2.54. The van der Waals surface area contributed by atoms with Gasteiger partial charge in [0.15, 0.2) is 0 Å². The zero-order chi connectivity index (χ0) is 7.68. The summed E-state index contributed by atoms with van der Waals surface area (Å²) in [6.45, 7) is 0. The molecule has 0 N–H and O–H groups in total. The van der Waals surface area contributed by atoms with Gasteiger partial charge in [-0.2, -0.15) is 11.8 Å². The maximum Gasteiger partial charge on any atom is 0.0211 e. The molecular weight excluding hydrogens is 152 g/mol. The molecule has 1 heteroatoms. The Morgan fingerprint density at radius 3 is 3.00 bits per heavy atom.